The number of nitrogens with zero attached hydrogens (tertiary/aromatic N) is 6. The summed E-state index contributed by atoms with van der Waals surface area (Å²) in [6.45, 7) is 10.5. The maximum Gasteiger partial charge on any atom is 0.318 e. The summed E-state index contributed by atoms with van der Waals surface area (Å²) in [6.07, 6.45) is 9.14. The molecule has 1 unspecified atom stereocenters. The largest absolute Gasteiger partial charge is 0.461 e. The third-order valence-corrected chi connectivity index (χ3v) is 11.9. The highest BCUT2D eigenvalue weighted by atomic mass is 32.2. The third kappa shape index (κ3) is 4.66. The summed E-state index contributed by atoms with van der Waals surface area (Å²) in [4.78, 5) is 17.5. The fourth-order valence-electron chi connectivity index (χ4n) is 8.41. The van der Waals surface area contributed by atoms with Gasteiger partial charge in [0.15, 0.2) is 0 Å². The van der Waals surface area contributed by atoms with Gasteiger partial charge in [0.05, 0.1) is 40.7 Å². The number of hydrogen-bond acceptors (Lipinski definition) is 9. The van der Waals surface area contributed by atoms with Gasteiger partial charge in [0, 0.05) is 37.1 Å². The molecule has 0 amide bonds. The molecule has 0 saturated carbocycles. The molecule has 3 aromatic rings. The van der Waals surface area contributed by atoms with Crippen LogP contribution in [0.25, 0.3) is 10.9 Å². The molecule has 1 atom stereocenters. The zero-order valence-corrected chi connectivity index (χ0v) is 25.9. The first kappa shape index (κ1) is 27.5. The van der Waals surface area contributed by atoms with E-state index in [1.54, 1.807) is 0 Å². The normalized spacial score (nSPS) is 26.4. The number of aromatic amines is 1. The lowest BCUT2D eigenvalue weighted by molar-refractivity contribution is 0.107. The minimum atomic E-state index is -3.47. The van der Waals surface area contributed by atoms with Crippen molar-refractivity contribution in [2.24, 2.45) is 0 Å². The molecule has 3 N–H and O–H groups in total. The Hall–Kier alpha value is -3.00. The molecule has 12 nitrogen and oxygen atoms in total. The van der Waals surface area contributed by atoms with Crippen LogP contribution in [0.15, 0.2) is 12.3 Å². The molecule has 2 aromatic heterocycles. The smallest absolute Gasteiger partial charge is 0.318 e. The van der Waals surface area contributed by atoms with Gasteiger partial charge in [-0.2, -0.15) is 28.2 Å². The molecule has 0 aliphatic carbocycles. The Morgan fingerprint density at radius 3 is 2.63 bits per heavy atom. The van der Waals surface area contributed by atoms with E-state index in [0.29, 0.717) is 32.3 Å². The zero-order valence-electron chi connectivity index (χ0n) is 25.1. The number of aromatic nitrogens is 4. The van der Waals surface area contributed by atoms with Gasteiger partial charge in [0.25, 0.3) is 10.2 Å². The SMILES string of the molecule is Cc1cc2[nH]ncc2c(N2CCc3c(nc(OCC45CCCN4CCC5)nc3N3CCCC4(CNS(=O)(=O)N4)C3)C2)c1C. The number of benzene rings is 1. The number of fused-ring (bicyclic) bond motifs is 3. The Morgan fingerprint density at radius 1 is 1.02 bits per heavy atom. The second kappa shape index (κ2) is 10.0. The molecule has 5 aliphatic rings. The first-order valence-electron chi connectivity index (χ1n) is 15.7. The van der Waals surface area contributed by atoms with Crippen molar-refractivity contribution < 1.29 is 13.2 Å². The van der Waals surface area contributed by atoms with Crippen molar-refractivity contribution in [3.8, 4) is 6.01 Å². The Balaban J connectivity index is 1.16. The van der Waals surface area contributed by atoms with Crippen molar-refractivity contribution in [2.75, 3.05) is 55.7 Å². The van der Waals surface area contributed by atoms with Gasteiger partial charge in [-0.15, -0.1) is 0 Å². The number of hydrogen-bond donors (Lipinski definition) is 3. The van der Waals surface area contributed by atoms with Crippen LogP contribution in [-0.2, 0) is 23.2 Å². The predicted octanol–water partition coefficient (Wildman–Crippen LogP) is 2.32. The Bertz CT molecular complexity index is 1680. The maximum absolute atomic E-state index is 12.3. The van der Waals surface area contributed by atoms with E-state index in [-0.39, 0.29) is 5.54 Å². The molecule has 0 radical (unpaired) electrons. The van der Waals surface area contributed by atoms with Crippen LogP contribution in [0.1, 0.15) is 60.9 Å². The molecule has 0 bridgehead atoms. The fraction of sp³-hybridized carbons (Fsp3) is 0.633. The summed E-state index contributed by atoms with van der Waals surface area (Å²) >= 11 is 0. The summed E-state index contributed by atoms with van der Waals surface area (Å²) in [6, 6.07) is 2.60. The maximum atomic E-state index is 12.3. The molecule has 8 rings (SSSR count). The van der Waals surface area contributed by atoms with Gasteiger partial charge in [-0.1, -0.05) is 0 Å². The first-order valence-corrected chi connectivity index (χ1v) is 17.2. The van der Waals surface area contributed by atoms with Crippen molar-refractivity contribution in [2.45, 2.75) is 76.4 Å². The van der Waals surface area contributed by atoms with E-state index in [0.717, 1.165) is 86.3 Å². The van der Waals surface area contributed by atoms with E-state index >= 15 is 0 Å². The molecular formula is C30H41N9O3S. The molecule has 43 heavy (non-hydrogen) atoms. The summed E-state index contributed by atoms with van der Waals surface area (Å²) in [7, 11) is -3.47. The van der Waals surface area contributed by atoms with Gasteiger partial charge in [0.2, 0.25) is 0 Å². The van der Waals surface area contributed by atoms with Gasteiger partial charge < -0.3 is 14.5 Å². The van der Waals surface area contributed by atoms with Crippen molar-refractivity contribution in [3.05, 3.63) is 34.6 Å². The van der Waals surface area contributed by atoms with E-state index in [2.05, 4.69) is 54.3 Å². The van der Waals surface area contributed by atoms with Crippen LogP contribution in [0.4, 0.5) is 11.5 Å². The number of rotatable bonds is 5. The molecular weight excluding hydrogens is 566 g/mol. The highest BCUT2D eigenvalue weighted by Crippen LogP contribution is 2.41. The van der Waals surface area contributed by atoms with Gasteiger partial charge in [-0.3, -0.25) is 10.00 Å². The quantitative estimate of drug-likeness (QED) is 0.400. The number of aryl methyl sites for hydroxylation is 1. The zero-order chi connectivity index (χ0) is 29.4. The lowest BCUT2D eigenvalue weighted by atomic mass is 9.89. The topological polar surface area (TPSA) is 132 Å². The second-order valence-electron chi connectivity index (χ2n) is 13.4. The highest BCUT2D eigenvalue weighted by molar-refractivity contribution is 7.87. The number of H-pyrrole nitrogens is 1. The first-order chi connectivity index (χ1) is 20.7. The minimum Gasteiger partial charge on any atom is -0.461 e. The van der Waals surface area contributed by atoms with Crippen LogP contribution in [0.5, 0.6) is 6.01 Å². The second-order valence-corrected chi connectivity index (χ2v) is 14.9. The average molecular weight is 608 g/mol. The van der Waals surface area contributed by atoms with Crippen LogP contribution in [0.2, 0.25) is 0 Å². The van der Waals surface area contributed by atoms with E-state index in [4.69, 9.17) is 14.7 Å². The van der Waals surface area contributed by atoms with Crippen molar-refractivity contribution in [1.29, 1.82) is 0 Å². The summed E-state index contributed by atoms with van der Waals surface area (Å²) in [5.74, 6) is 0.895. The van der Waals surface area contributed by atoms with Gasteiger partial charge in [0.1, 0.15) is 12.4 Å². The number of ether oxygens (including phenoxy) is 1. The lowest BCUT2D eigenvalue weighted by Gasteiger charge is -2.41. The van der Waals surface area contributed by atoms with Crippen LogP contribution in [0.3, 0.4) is 0 Å². The summed E-state index contributed by atoms with van der Waals surface area (Å²) < 4.78 is 36.8. The predicted molar refractivity (Wildman–Crippen MR) is 165 cm³/mol. The Labute approximate surface area is 252 Å². The summed E-state index contributed by atoms with van der Waals surface area (Å²) in [5.41, 5.74) is 6.42. The molecule has 230 valence electrons. The van der Waals surface area contributed by atoms with Crippen molar-refractivity contribution in [3.63, 3.8) is 0 Å². The Morgan fingerprint density at radius 2 is 1.84 bits per heavy atom. The van der Waals surface area contributed by atoms with E-state index < -0.39 is 15.7 Å². The molecule has 1 aromatic carbocycles. The highest BCUT2D eigenvalue weighted by Gasteiger charge is 2.46. The molecule has 7 heterocycles. The van der Waals surface area contributed by atoms with Gasteiger partial charge in [-0.25, -0.2) is 4.72 Å². The summed E-state index contributed by atoms with van der Waals surface area (Å²) in [5, 5.41) is 8.62. The van der Waals surface area contributed by atoms with Crippen LogP contribution >= 0.6 is 0 Å². The standard InChI is InChI=1S/C30H41N9O3S/c1-20-14-24-23(15-31-35-24)26(21(20)2)37-13-6-22-25(16-37)33-28(42-19-30-8-4-11-39(30)12-5-9-30)34-27(22)38-10-3-7-29(18-38)17-32-43(40,41)36-29/h14-15,32,36H,3-13,16-19H2,1-2H3,(H,31,35). The van der Waals surface area contributed by atoms with E-state index in [1.165, 1.54) is 29.7 Å². The van der Waals surface area contributed by atoms with Crippen molar-refractivity contribution in [1.82, 2.24) is 34.5 Å². The molecule has 4 saturated heterocycles. The van der Waals surface area contributed by atoms with Gasteiger partial charge >= 0.3 is 6.01 Å². The van der Waals surface area contributed by atoms with Crippen molar-refractivity contribution >= 4 is 32.6 Å². The average Bonchev–Trinajstić information content (AvgIpc) is 3.76. The molecule has 1 spiro atoms. The fourth-order valence-corrected chi connectivity index (χ4v) is 9.76. The molecule has 5 aliphatic heterocycles. The Kier molecular flexibility index (Phi) is 6.41. The lowest BCUT2D eigenvalue weighted by Crippen LogP contribution is -2.57. The molecule has 13 heteroatoms. The van der Waals surface area contributed by atoms with E-state index in [1.807, 2.05) is 6.20 Å². The van der Waals surface area contributed by atoms with Crippen LogP contribution < -0.4 is 24.0 Å². The number of nitrogens with one attached hydrogen (secondary N) is 3. The van der Waals surface area contributed by atoms with Crippen LogP contribution in [-0.4, -0.2) is 90.4 Å². The van der Waals surface area contributed by atoms with E-state index in [9.17, 15) is 8.42 Å². The minimum absolute atomic E-state index is 0.0972. The van der Waals surface area contributed by atoms with Crippen LogP contribution in [0, 0.1) is 13.8 Å². The number of piperidine rings is 1. The third-order valence-electron chi connectivity index (χ3n) is 10.7. The van der Waals surface area contributed by atoms with Gasteiger partial charge in [-0.05, 0) is 89.1 Å². The number of anilines is 2. The monoisotopic (exact) mass is 607 g/mol. The molecule has 4 fully saturated rings.